The van der Waals surface area contributed by atoms with Crippen LogP contribution in [0.2, 0.25) is 0 Å². The van der Waals surface area contributed by atoms with E-state index in [1.54, 1.807) is 0 Å². The van der Waals surface area contributed by atoms with Crippen molar-refractivity contribution in [3.8, 4) is 0 Å². The molecule has 4 nitrogen and oxygen atoms in total. The Morgan fingerprint density at radius 3 is 1.09 bits per heavy atom. The molecule has 0 aromatic heterocycles. The number of hydrogen-bond acceptors (Lipinski definition) is 4. The van der Waals surface area contributed by atoms with Crippen molar-refractivity contribution in [2.24, 2.45) is 20.8 Å². The topological polar surface area (TPSA) is 43.2 Å². The number of halogens is 2. The van der Waals surface area contributed by atoms with Crippen molar-refractivity contribution in [2.75, 3.05) is 0 Å². The SMILES string of the molecule is CCCC1(CCC)OC(CC2=N[C@H](C(C)(C)C)C(CCC)(CCC)O2)=N[C@@H]1C(C)(C)C.[Br-].[Br-].[Ni+2]. The van der Waals surface area contributed by atoms with Crippen molar-refractivity contribution in [3.05, 3.63) is 0 Å². The minimum Gasteiger partial charge on any atom is -1.00 e. The average Bonchev–Trinajstić information content (AvgIpc) is 3.15. The van der Waals surface area contributed by atoms with Crippen LogP contribution in [0.15, 0.2) is 9.98 Å². The number of nitrogens with zero attached hydrogens (tertiary/aromatic N) is 2. The zero-order chi connectivity index (χ0) is 23.5. The first-order valence-corrected chi connectivity index (χ1v) is 12.9. The van der Waals surface area contributed by atoms with Crippen LogP contribution in [0.1, 0.15) is 127 Å². The molecule has 0 aromatic rings. The summed E-state index contributed by atoms with van der Waals surface area (Å²) in [6.45, 7) is 22.8. The molecule has 0 amide bonds. The second-order valence-electron chi connectivity index (χ2n) is 12.1. The molecule has 2 rings (SSSR count). The standard InChI is InChI=1S/C27H50N2O2.2BrH.Ni/c1-11-15-26(16-12-2)22(24(5,6)7)28-20(30-26)19-21-29-23(25(8,9)10)27(31-21,17-13-3)18-14-4;;;/h22-23H,11-19H2,1-10H3;2*1H;/q;;;+2/p-2/t22-,23-;;;/m1.../s1. The maximum absolute atomic E-state index is 6.73. The van der Waals surface area contributed by atoms with Gasteiger partial charge in [0.1, 0.15) is 11.2 Å². The van der Waals surface area contributed by atoms with Gasteiger partial charge in [0.25, 0.3) is 0 Å². The average molecular weight is 653 g/mol. The minimum atomic E-state index is -0.191. The quantitative estimate of drug-likeness (QED) is 0.338. The molecule has 0 bridgehead atoms. The van der Waals surface area contributed by atoms with E-state index in [1.807, 2.05) is 0 Å². The fourth-order valence-electron chi connectivity index (χ4n) is 6.11. The van der Waals surface area contributed by atoms with E-state index in [0.717, 1.165) is 63.2 Å². The second-order valence-corrected chi connectivity index (χ2v) is 12.1. The molecule has 2 atom stereocenters. The van der Waals surface area contributed by atoms with Crippen LogP contribution in [0.3, 0.4) is 0 Å². The first-order valence-electron chi connectivity index (χ1n) is 12.9. The maximum Gasteiger partial charge on any atom is 2.00 e. The summed E-state index contributed by atoms with van der Waals surface area (Å²) >= 11 is 0. The van der Waals surface area contributed by atoms with Crippen molar-refractivity contribution in [1.29, 1.82) is 0 Å². The van der Waals surface area contributed by atoms with Crippen molar-refractivity contribution in [2.45, 2.75) is 150 Å². The molecule has 0 saturated carbocycles. The van der Waals surface area contributed by atoms with Crippen LogP contribution < -0.4 is 34.0 Å². The molecule has 0 saturated heterocycles. The molecule has 0 radical (unpaired) electrons. The van der Waals surface area contributed by atoms with Crippen LogP contribution in [0.25, 0.3) is 0 Å². The molecule has 2 heterocycles. The molecule has 2 aliphatic heterocycles. The summed E-state index contributed by atoms with van der Waals surface area (Å²) in [6, 6.07) is 0.345. The van der Waals surface area contributed by atoms with Crippen LogP contribution in [-0.2, 0) is 26.0 Å². The van der Waals surface area contributed by atoms with E-state index < -0.39 is 0 Å². The van der Waals surface area contributed by atoms with Gasteiger partial charge in [-0.2, -0.15) is 0 Å². The molecular weight excluding hydrogens is 603 g/mol. The summed E-state index contributed by atoms with van der Waals surface area (Å²) in [6.07, 6.45) is 9.19. The van der Waals surface area contributed by atoms with Crippen LogP contribution >= 0.6 is 0 Å². The molecule has 0 aliphatic carbocycles. The molecule has 34 heavy (non-hydrogen) atoms. The Morgan fingerprint density at radius 1 is 0.618 bits per heavy atom. The van der Waals surface area contributed by atoms with Gasteiger partial charge in [0.2, 0.25) is 0 Å². The van der Waals surface area contributed by atoms with Crippen molar-refractivity contribution < 1.29 is 59.9 Å². The summed E-state index contributed by atoms with van der Waals surface area (Å²) < 4.78 is 13.5. The summed E-state index contributed by atoms with van der Waals surface area (Å²) in [4.78, 5) is 10.3. The van der Waals surface area contributed by atoms with E-state index in [1.165, 1.54) is 0 Å². The third-order valence-corrected chi connectivity index (χ3v) is 6.82. The van der Waals surface area contributed by atoms with Crippen molar-refractivity contribution in [3.63, 3.8) is 0 Å². The van der Waals surface area contributed by atoms with Crippen LogP contribution in [0.4, 0.5) is 0 Å². The number of rotatable bonds is 10. The predicted octanol–water partition coefficient (Wildman–Crippen LogP) is 1.75. The normalized spacial score (nSPS) is 22.9. The summed E-state index contributed by atoms with van der Waals surface area (Å²) in [5.41, 5.74) is -0.258. The van der Waals surface area contributed by atoms with Gasteiger partial charge in [-0.25, -0.2) is 9.98 Å². The molecule has 0 N–H and O–H groups in total. The summed E-state index contributed by atoms with van der Waals surface area (Å²) in [7, 11) is 0. The third-order valence-electron chi connectivity index (χ3n) is 6.82. The minimum absolute atomic E-state index is 0. The fourth-order valence-corrected chi connectivity index (χ4v) is 6.11. The van der Waals surface area contributed by atoms with E-state index in [0.29, 0.717) is 6.42 Å². The molecule has 0 fully saturated rings. The van der Waals surface area contributed by atoms with Gasteiger partial charge >= 0.3 is 16.5 Å². The van der Waals surface area contributed by atoms with E-state index in [4.69, 9.17) is 19.5 Å². The molecule has 204 valence electrons. The molecule has 2 aliphatic rings. The second kappa shape index (κ2) is 14.4. The molecule has 0 spiro atoms. The molecular formula is C27H50Br2N2NiO2. The number of hydrogen-bond donors (Lipinski definition) is 0. The van der Waals surface area contributed by atoms with Gasteiger partial charge in [-0.15, -0.1) is 0 Å². The Hall–Kier alpha value is 0.394. The Labute approximate surface area is 241 Å². The Morgan fingerprint density at radius 2 is 0.882 bits per heavy atom. The van der Waals surface area contributed by atoms with Gasteiger partial charge in [0, 0.05) is 0 Å². The maximum atomic E-state index is 6.73. The van der Waals surface area contributed by atoms with Crippen molar-refractivity contribution >= 4 is 11.8 Å². The van der Waals surface area contributed by atoms with E-state index in [2.05, 4.69) is 69.2 Å². The summed E-state index contributed by atoms with van der Waals surface area (Å²) in [5, 5.41) is 0. The van der Waals surface area contributed by atoms with Crippen LogP contribution in [-0.4, -0.2) is 35.1 Å². The predicted molar refractivity (Wildman–Crippen MR) is 133 cm³/mol. The van der Waals surface area contributed by atoms with Gasteiger partial charge in [-0.1, -0.05) is 94.9 Å². The van der Waals surface area contributed by atoms with Crippen LogP contribution in [0.5, 0.6) is 0 Å². The first kappa shape index (κ1) is 36.5. The first-order chi connectivity index (χ1) is 14.4. The van der Waals surface area contributed by atoms with E-state index in [-0.39, 0.29) is 84.6 Å². The monoisotopic (exact) mass is 650 g/mol. The van der Waals surface area contributed by atoms with E-state index in [9.17, 15) is 0 Å². The van der Waals surface area contributed by atoms with Crippen molar-refractivity contribution in [1.82, 2.24) is 0 Å². The Kier molecular flexibility index (Phi) is 15.4. The molecule has 7 heteroatoms. The Balaban J connectivity index is 0. The van der Waals surface area contributed by atoms with Crippen LogP contribution in [0, 0.1) is 10.8 Å². The smallest absolute Gasteiger partial charge is 1.00 e. The van der Waals surface area contributed by atoms with Gasteiger partial charge < -0.3 is 43.4 Å². The fraction of sp³-hybridized carbons (Fsp3) is 0.926. The van der Waals surface area contributed by atoms with Gasteiger partial charge in [-0.3, -0.25) is 0 Å². The zero-order valence-corrected chi connectivity index (χ0v) is 27.5. The van der Waals surface area contributed by atoms with Gasteiger partial charge in [0.05, 0.1) is 18.5 Å². The summed E-state index contributed by atoms with van der Waals surface area (Å²) in [5.74, 6) is 1.66. The molecule has 0 unspecified atom stereocenters. The number of ether oxygens (including phenoxy) is 2. The van der Waals surface area contributed by atoms with Gasteiger partial charge in [0.15, 0.2) is 11.8 Å². The number of aliphatic imine (C=N–C) groups is 2. The largest absolute Gasteiger partial charge is 2.00 e. The van der Waals surface area contributed by atoms with Gasteiger partial charge in [-0.05, 0) is 36.5 Å². The zero-order valence-electron chi connectivity index (χ0n) is 23.3. The third kappa shape index (κ3) is 8.20. The molecule has 0 aromatic carbocycles. The van der Waals surface area contributed by atoms with E-state index >= 15 is 0 Å². The Bertz CT molecular complexity index is 601.